The number of nitrogens with one attached hydrogen (secondary N) is 1. The average molecular weight is 533 g/mol. The number of nitrogens with two attached hydrogens (primary N) is 1. The van der Waals surface area contributed by atoms with Crippen molar-refractivity contribution in [2.24, 2.45) is 5.92 Å². The first-order valence-electron chi connectivity index (χ1n) is 13.5. The van der Waals surface area contributed by atoms with Gasteiger partial charge in [0.25, 0.3) is 5.91 Å². The summed E-state index contributed by atoms with van der Waals surface area (Å²) in [5.41, 5.74) is 7.34. The van der Waals surface area contributed by atoms with Gasteiger partial charge in [-0.05, 0) is 38.6 Å². The monoisotopic (exact) mass is 532 g/mol. The predicted molar refractivity (Wildman–Crippen MR) is 145 cm³/mol. The fraction of sp³-hybridized carbons (Fsp3) is 0.519. The van der Waals surface area contributed by atoms with Crippen molar-refractivity contribution in [3.05, 3.63) is 41.7 Å². The molecular formula is C27H33FN10O. The number of rotatable bonds is 6. The van der Waals surface area contributed by atoms with Crippen molar-refractivity contribution in [1.82, 2.24) is 29.4 Å². The molecule has 12 heteroatoms. The van der Waals surface area contributed by atoms with E-state index in [4.69, 9.17) is 5.73 Å². The summed E-state index contributed by atoms with van der Waals surface area (Å²) >= 11 is 0. The molecule has 0 unspecified atom stereocenters. The maximum absolute atomic E-state index is 15.1. The Bertz CT molecular complexity index is 1430. The van der Waals surface area contributed by atoms with E-state index in [9.17, 15) is 10.1 Å². The second kappa shape index (κ2) is 10.1. The van der Waals surface area contributed by atoms with Gasteiger partial charge < -0.3 is 25.8 Å². The van der Waals surface area contributed by atoms with E-state index >= 15 is 4.39 Å². The SMILES string of the molecule is CN1CCN(CC2CCN(c3c(F)cncc3NC(=O)c3c(N)nn4cc(C5(C#N)CC5)cnc34)CC2)CC1. The zero-order chi connectivity index (χ0) is 27.1. The van der Waals surface area contributed by atoms with Crippen LogP contribution < -0.4 is 16.0 Å². The average Bonchev–Trinajstić information content (AvgIpc) is 3.66. The van der Waals surface area contributed by atoms with Gasteiger partial charge in [-0.2, -0.15) is 5.26 Å². The number of nitriles is 1. The summed E-state index contributed by atoms with van der Waals surface area (Å²) in [5, 5.41) is 16.6. The largest absolute Gasteiger partial charge is 0.381 e. The third kappa shape index (κ3) is 4.88. The fourth-order valence-electron chi connectivity index (χ4n) is 5.77. The standard InChI is InChI=1S/C27H33FN10O/c1-35-8-10-36(11-9-35)15-18-2-6-37(7-3-18)23-20(28)13-31-14-21(23)33-26(39)22-24(30)34-38-16-19(12-32-25(22)38)27(17-29)4-5-27/h12-14,16,18H,2-11,15H2,1H3,(H2,30,34)(H,33,39). The highest BCUT2D eigenvalue weighted by Crippen LogP contribution is 2.47. The number of piperidine rings is 1. The normalized spacial score (nSPS) is 20.2. The predicted octanol–water partition coefficient (Wildman–Crippen LogP) is 2.12. The lowest BCUT2D eigenvalue weighted by atomic mass is 9.95. The van der Waals surface area contributed by atoms with Gasteiger partial charge in [0.15, 0.2) is 17.3 Å². The van der Waals surface area contributed by atoms with E-state index < -0.39 is 17.1 Å². The van der Waals surface area contributed by atoms with Gasteiger partial charge >= 0.3 is 0 Å². The number of carbonyl (C=O) groups is 1. The van der Waals surface area contributed by atoms with Crippen LogP contribution in [0, 0.1) is 23.1 Å². The molecule has 3 N–H and O–H groups in total. The molecule has 1 saturated carbocycles. The summed E-state index contributed by atoms with van der Waals surface area (Å²) in [5.74, 6) is -0.442. The van der Waals surface area contributed by atoms with Gasteiger partial charge in [0, 0.05) is 63.8 Å². The molecule has 204 valence electrons. The van der Waals surface area contributed by atoms with Crippen LogP contribution in [-0.4, -0.2) is 88.2 Å². The van der Waals surface area contributed by atoms with Gasteiger partial charge in [0.05, 0.1) is 29.6 Å². The Morgan fingerprint density at radius 3 is 2.62 bits per heavy atom. The number of aromatic nitrogens is 4. The van der Waals surface area contributed by atoms with E-state index in [2.05, 4.69) is 43.3 Å². The molecule has 3 aromatic rings. The van der Waals surface area contributed by atoms with Crippen molar-refractivity contribution < 1.29 is 9.18 Å². The Balaban J connectivity index is 1.17. The second-order valence-electron chi connectivity index (χ2n) is 11.1. The zero-order valence-electron chi connectivity index (χ0n) is 22.1. The Morgan fingerprint density at radius 2 is 1.92 bits per heavy atom. The van der Waals surface area contributed by atoms with Crippen LogP contribution in [-0.2, 0) is 5.41 Å². The van der Waals surface area contributed by atoms with Crippen molar-refractivity contribution >= 4 is 28.7 Å². The van der Waals surface area contributed by atoms with E-state index in [1.54, 1.807) is 12.4 Å². The minimum absolute atomic E-state index is 0.00888. The summed E-state index contributed by atoms with van der Waals surface area (Å²) in [6.07, 6.45) is 9.39. The van der Waals surface area contributed by atoms with Crippen LogP contribution in [0.1, 0.15) is 41.6 Å². The van der Waals surface area contributed by atoms with Crippen molar-refractivity contribution in [3.63, 3.8) is 0 Å². The minimum Gasteiger partial charge on any atom is -0.381 e. The van der Waals surface area contributed by atoms with E-state index in [0.717, 1.165) is 64.0 Å². The van der Waals surface area contributed by atoms with Crippen LogP contribution in [0.15, 0.2) is 24.8 Å². The number of amides is 1. The maximum Gasteiger partial charge on any atom is 0.263 e. The highest BCUT2D eigenvalue weighted by atomic mass is 19.1. The molecule has 0 radical (unpaired) electrons. The lowest BCUT2D eigenvalue weighted by Crippen LogP contribution is -2.47. The zero-order valence-corrected chi connectivity index (χ0v) is 22.1. The fourth-order valence-corrected chi connectivity index (χ4v) is 5.77. The van der Waals surface area contributed by atoms with Gasteiger partial charge in [-0.15, -0.1) is 5.10 Å². The van der Waals surface area contributed by atoms with Crippen molar-refractivity contribution in [1.29, 1.82) is 5.26 Å². The van der Waals surface area contributed by atoms with E-state index in [-0.39, 0.29) is 22.7 Å². The summed E-state index contributed by atoms with van der Waals surface area (Å²) in [6.45, 7) is 6.85. The van der Waals surface area contributed by atoms with Crippen LogP contribution in [0.25, 0.3) is 5.65 Å². The number of anilines is 3. The topological polar surface area (TPSA) is 132 Å². The van der Waals surface area contributed by atoms with E-state index in [0.29, 0.717) is 24.7 Å². The lowest BCUT2D eigenvalue weighted by molar-refractivity contribution is 0.102. The summed E-state index contributed by atoms with van der Waals surface area (Å²) < 4.78 is 16.6. The third-order valence-electron chi connectivity index (χ3n) is 8.41. The Hall–Kier alpha value is -3.82. The first kappa shape index (κ1) is 25.5. The maximum atomic E-state index is 15.1. The molecule has 3 aromatic heterocycles. The van der Waals surface area contributed by atoms with Crippen LogP contribution in [0.4, 0.5) is 21.6 Å². The molecule has 0 aromatic carbocycles. The van der Waals surface area contributed by atoms with Crippen LogP contribution in [0.5, 0.6) is 0 Å². The van der Waals surface area contributed by atoms with Crippen LogP contribution in [0.2, 0.25) is 0 Å². The number of halogens is 1. The Labute approximate surface area is 226 Å². The minimum atomic E-state index is -0.539. The van der Waals surface area contributed by atoms with Gasteiger partial charge in [0.1, 0.15) is 11.3 Å². The lowest BCUT2D eigenvalue weighted by Gasteiger charge is -2.39. The second-order valence-corrected chi connectivity index (χ2v) is 11.1. The first-order chi connectivity index (χ1) is 18.9. The molecule has 3 fully saturated rings. The highest BCUT2D eigenvalue weighted by molar-refractivity contribution is 6.12. The number of pyridine rings is 1. The number of piperazine rings is 1. The van der Waals surface area contributed by atoms with Crippen molar-refractivity contribution in [2.45, 2.75) is 31.1 Å². The van der Waals surface area contributed by atoms with Crippen molar-refractivity contribution in [3.8, 4) is 6.07 Å². The van der Waals surface area contributed by atoms with Crippen LogP contribution in [0.3, 0.4) is 0 Å². The molecule has 2 aliphatic heterocycles. The third-order valence-corrected chi connectivity index (χ3v) is 8.41. The van der Waals surface area contributed by atoms with Gasteiger partial charge in [-0.1, -0.05) is 0 Å². The van der Waals surface area contributed by atoms with Crippen molar-refractivity contribution in [2.75, 3.05) is 68.8 Å². The number of likely N-dealkylation sites (N-methyl/N-ethyl adjacent to an activating group) is 1. The number of fused-ring (bicyclic) bond motifs is 1. The number of nitrogen functional groups attached to an aromatic ring is 1. The molecule has 0 bridgehead atoms. The first-order valence-corrected chi connectivity index (χ1v) is 13.5. The molecule has 1 aliphatic carbocycles. The molecule has 0 atom stereocenters. The summed E-state index contributed by atoms with van der Waals surface area (Å²) in [7, 11) is 2.16. The van der Waals surface area contributed by atoms with Gasteiger partial charge in [-0.3, -0.25) is 9.78 Å². The molecule has 2 saturated heterocycles. The van der Waals surface area contributed by atoms with Gasteiger partial charge in [0.2, 0.25) is 0 Å². The molecule has 11 nitrogen and oxygen atoms in total. The number of nitrogens with zero attached hydrogens (tertiary/aromatic N) is 8. The number of hydrogen-bond donors (Lipinski definition) is 2. The molecular weight excluding hydrogens is 499 g/mol. The summed E-state index contributed by atoms with van der Waals surface area (Å²) in [4.78, 5) is 28.7. The van der Waals surface area contributed by atoms with E-state index in [1.165, 1.54) is 16.9 Å². The molecule has 5 heterocycles. The summed E-state index contributed by atoms with van der Waals surface area (Å²) in [6, 6.07) is 2.33. The highest BCUT2D eigenvalue weighted by Gasteiger charge is 2.45. The molecule has 39 heavy (non-hydrogen) atoms. The van der Waals surface area contributed by atoms with E-state index in [1.807, 2.05) is 4.90 Å². The molecule has 0 spiro atoms. The van der Waals surface area contributed by atoms with Crippen LogP contribution >= 0.6 is 0 Å². The number of carbonyl (C=O) groups excluding carboxylic acids is 1. The number of hydrogen-bond acceptors (Lipinski definition) is 9. The molecule has 6 rings (SSSR count). The smallest absolute Gasteiger partial charge is 0.263 e. The molecule has 1 amide bonds. The Morgan fingerprint density at radius 1 is 1.18 bits per heavy atom. The quantitative estimate of drug-likeness (QED) is 0.490. The van der Waals surface area contributed by atoms with Gasteiger partial charge in [-0.25, -0.2) is 13.9 Å². The Kier molecular flexibility index (Phi) is 6.56. The molecule has 3 aliphatic rings.